The van der Waals surface area contributed by atoms with Crippen molar-refractivity contribution in [2.75, 3.05) is 6.61 Å². The molecule has 0 aliphatic rings. The zero-order valence-electron chi connectivity index (χ0n) is 10.1. The molecule has 0 bridgehead atoms. The highest BCUT2D eigenvalue weighted by Crippen LogP contribution is 2.13. The predicted molar refractivity (Wildman–Crippen MR) is 69.2 cm³/mol. The van der Waals surface area contributed by atoms with Crippen LogP contribution in [0.1, 0.15) is 21.8 Å². The minimum absolute atomic E-state index is 0.425. The summed E-state index contributed by atoms with van der Waals surface area (Å²) in [6, 6.07) is 5.62. The molecule has 0 amide bonds. The Morgan fingerprint density at radius 3 is 3.06 bits per heavy atom. The van der Waals surface area contributed by atoms with E-state index in [2.05, 4.69) is 9.97 Å². The maximum Gasteiger partial charge on any atom is 0.140 e. The first-order valence-electron chi connectivity index (χ1n) is 5.61. The summed E-state index contributed by atoms with van der Waals surface area (Å²) >= 11 is 1.66. The van der Waals surface area contributed by atoms with Crippen molar-refractivity contribution in [2.45, 2.75) is 20.0 Å². The number of hydrogen-bond donors (Lipinski definition) is 0. The first-order valence-corrected chi connectivity index (χ1v) is 6.49. The highest BCUT2D eigenvalue weighted by Gasteiger charge is 2.01. The van der Waals surface area contributed by atoms with Gasteiger partial charge in [-0.3, -0.25) is 0 Å². The number of ether oxygens (including phenoxy) is 1. The Kier molecular flexibility index (Phi) is 4.40. The number of aryl methyl sites for hydroxylation is 1. The molecule has 0 aromatic carbocycles. The van der Waals surface area contributed by atoms with Gasteiger partial charge in [-0.25, -0.2) is 9.97 Å². The second kappa shape index (κ2) is 6.24. The fraction of sp³-hybridized carbons (Fsp3) is 0.308. The van der Waals surface area contributed by atoms with Crippen LogP contribution in [-0.4, -0.2) is 16.6 Å². The number of thiazole rings is 1. The predicted octanol–water partition coefficient (Wildman–Crippen LogP) is 2.48. The molecule has 0 aliphatic heterocycles. The third-order valence-electron chi connectivity index (χ3n) is 2.53. The summed E-state index contributed by atoms with van der Waals surface area (Å²) in [5.74, 6) is 0. The number of nitrogens with zero attached hydrogens (tertiary/aromatic N) is 3. The molecule has 92 valence electrons. The van der Waals surface area contributed by atoms with Crippen LogP contribution in [0.2, 0.25) is 0 Å². The second-order valence-corrected chi connectivity index (χ2v) is 4.76. The van der Waals surface area contributed by atoms with E-state index in [-0.39, 0.29) is 0 Å². The van der Waals surface area contributed by atoms with Gasteiger partial charge in [-0.05, 0) is 24.6 Å². The van der Waals surface area contributed by atoms with Crippen LogP contribution in [0.4, 0.5) is 0 Å². The van der Waals surface area contributed by atoms with Gasteiger partial charge in [0.05, 0.1) is 24.4 Å². The van der Waals surface area contributed by atoms with Crippen molar-refractivity contribution in [2.24, 2.45) is 0 Å². The van der Waals surface area contributed by atoms with Gasteiger partial charge in [-0.2, -0.15) is 5.26 Å². The van der Waals surface area contributed by atoms with Crippen molar-refractivity contribution in [3.63, 3.8) is 0 Å². The number of aromatic nitrogens is 2. The summed E-state index contributed by atoms with van der Waals surface area (Å²) in [5, 5.41) is 8.73. The Hall–Kier alpha value is -1.77. The number of rotatable bonds is 5. The van der Waals surface area contributed by atoms with Crippen LogP contribution in [0, 0.1) is 18.3 Å². The number of pyridine rings is 1. The maximum absolute atomic E-state index is 8.73. The van der Waals surface area contributed by atoms with Crippen molar-refractivity contribution >= 4 is 11.3 Å². The molecule has 2 rings (SSSR count). The molecule has 0 saturated heterocycles. The van der Waals surface area contributed by atoms with E-state index < -0.39 is 0 Å². The molecular weight excluding hydrogens is 246 g/mol. The van der Waals surface area contributed by atoms with Crippen LogP contribution in [0.5, 0.6) is 0 Å². The first kappa shape index (κ1) is 12.7. The van der Waals surface area contributed by atoms with E-state index in [1.807, 2.05) is 24.6 Å². The number of nitriles is 1. The van der Waals surface area contributed by atoms with E-state index in [4.69, 9.17) is 10.00 Å². The van der Waals surface area contributed by atoms with Crippen LogP contribution >= 0.6 is 11.3 Å². The zero-order chi connectivity index (χ0) is 12.8. The summed E-state index contributed by atoms with van der Waals surface area (Å²) in [6.07, 6.45) is 2.51. The lowest BCUT2D eigenvalue weighted by Gasteiger charge is -2.04. The first-order chi connectivity index (χ1) is 8.79. The molecule has 4 nitrogen and oxygen atoms in total. The fourth-order valence-corrected chi connectivity index (χ4v) is 2.31. The third-order valence-corrected chi connectivity index (χ3v) is 3.52. The molecule has 0 unspecified atom stereocenters. The van der Waals surface area contributed by atoms with Gasteiger partial charge in [0.25, 0.3) is 0 Å². The molecule has 0 N–H and O–H groups in total. The molecule has 5 heteroatoms. The highest BCUT2D eigenvalue weighted by molar-refractivity contribution is 7.09. The van der Waals surface area contributed by atoms with Gasteiger partial charge < -0.3 is 4.74 Å². The van der Waals surface area contributed by atoms with Gasteiger partial charge >= 0.3 is 0 Å². The summed E-state index contributed by atoms with van der Waals surface area (Å²) in [5.41, 5.74) is 4.34. The maximum atomic E-state index is 8.73. The Morgan fingerprint density at radius 1 is 1.44 bits per heavy atom. The standard InChI is InChI=1S/C13H13N3OS/c1-10-13(18-9-16-10)3-5-17-8-11-2-4-15-12(6-11)7-14/h2,4,6,9H,3,5,8H2,1H3. The summed E-state index contributed by atoms with van der Waals surface area (Å²) < 4.78 is 5.59. The monoisotopic (exact) mass is 259 g/mol. The SMILES string of the molecule is Cc1ncsc1CCOCc1ccnc(C#N)c1. The molecule has 0 saturated carbocycles. The molecular formula is C13H13N3OS. The number of hydrogen-bond acceptors (Lipinski definition) is 5. The third kappa shape index (κ3) is 3.36. The lowest BCUT2D eigenvalue weighted by molar-refractivity contribution is 0.124. The summed E-state index contributed by atoms with van der Waals surface area (Å²) in [7, 11) is 0. The van der Waals surface area contributed by atoms with Crippen molar-refractivity contribution in [3.8, 4) is 6.07 Å². The van der Waals surface area contributed by atoms with Gasteiger partial charge in [0.2, 0.25) is 0 Å². The van der Waals surface area contributed by atoms with Gasteiger partial charge in [0.15, 0.2) is 0 Å². The lowest BCUT2D eigenvalue weighted by Crippen LogP contribution is -1.99. The summed E-state index contributed by atoms with van der Waals surface area (Å²) in [4.78, 5) is 9.38. The minimum Gasteiger partial charge on any atom is -0.376 e. The lowest BCUT2D eigenvalue weighted by atomic mass is 10.2. The Bertz CT molecular complexity index is 559. The largest absolute Gasteiger partial charge is 0.376 e. The summed E-state index contributed by atoms with van der Waals surface area (Å²) in [6.45, 7) is 3.18. The van der Waals surface area contributed by atoms with E-state index in [0.717, 1.165) is 17.7 Å². The fourth-order valence-electron chi connectivity index (χ4n) is 1.55. The van der Waals surface area contributed by atoms with Crippen LogP contribution in [-0.2, 0) is 17.8 Å². The zero-order valence-corrected chi connectivity index (χ0v) is 10.9. The smallest absolute Gasteiger partial charge is 0.140 e. The normalized spacial score (nSPS) is 10.2. The Morgan fingerprint density at radius 2 is 2.33 bits per heavy atom. The molecule has 0 atom stereocenters. The topological polar surface area (TPSA) is 58.8 Å². The molecule has 0 fully saturated rings. The molecule has 0 radical (unpaired) electrons. The van der Waals surface area contributed by atoms with Crippen LogP contribution in [0.15, 0.2) is 23.8 Å². The van der Waals surface area contributed by atoms with Crippen molar-refractivity contribution < 1.29 is 4.74 Å². The Balaban J connectivity index is 1.79. The molecule has 2 heterocycles. The van der Waals surface area contributed by atoms with E-state index in [1.54, 1.807) is 23.6 Å². The molecule has 2 aromatic heterocycles. The molecule has 2 aromatic rings. The van der Waals surface area contributed by atoms with Gasteiger partial charge in [-0.1, -0.05) is 0 Å². The Labute approximate surface area is 110 Å². The van der Waals surface area contributed by atoms with Crippen molar-refractivity contribution in [3.05, 3.63) is 45.7 Å². The molecule has 18 heavy (non-hydrogen) atoms. The van der Waals surface area contributed by atoms with Crippen molar-refractivity contribution in [1.82, 2.24) is 9.97 Å². The van der Waals surface area contributed by atoms with E-state index in [9.17, 15) is 0 Å². The average molecular weight is 259 g/mol. The van der Waals surface area contributed by atoms with E-state index in [1.165, 1.54) is 4.88 Å². The molecule has 0 aliphatic carbocycles. The van der Waals surface area contributed by atoms with Crippen LogP contribution in [0.25, 0.3) is 0 Å². The van der Waals surface area contributed by atoms with Crippen molar-refractivity contribution in [1.29, 1.82) is 5.26 Å². The van der Waals surface area contributed by atoms with Gasteiger partial charge in [0.1, 0.15) is 11.8 Å². The second-order valence-electron chi connectivity index (χ2n) is 3.82. The minimum atomic E-state index is 0.425. The van der Waals surface area contributed by atoms with Gasteiger partial charge in [-0.15, -0.1) is 11.3 Å². The highest BCUT2D eigenvalue weighted by atomic mass is 32.1. The van der Waals surface area contributed by atoms with E-state index >= 15 is 0 Å². The van der Waals surface area contributed by atoms with Crippen LogP contribution < -0.4 is 0 Å². The van der Waals surface area contributed by atoms with E-state index in [0.29, 0.717) is 18.9 Å². The average Bonchev–Trinajstić information content (AvgIpc) is 2.81. The van der Waals surface area contributed by atoms with Gasteiger partial charge in [0, 0.05) is 17.5 Å². The quantitative estimate of drug-likeness (QED) is 0.774. The van der Waals surface area contributed by atoms with Crippen LogP contribution in [0.3, 0.4) is 0 Å². The molecule has 0 spiro atoms.